The summed E-state index contributed by atoms with van der Waals surface area (Å²) in [5.41, 5.74) is 0.843. The van der Waals surface area contributed by atoms with Gasteiger partial charge >= 0.3 is 0 Å². The molecule has 6 heteroatoms. The Bertz CT molecular complexity index is 443. The van der Waals surface area contributed by atoms with Gasteiger partial charge in [-0.1, -0.05) is 12.1 Å². The van der Waals surface area contributed by atoms with Gasteiger partial charge in [0.1, 0.15) is 5.69 Å². The second kappa shape index (κ2) is 5.99. The van der Waals surface area contributed by atoms with Crippen LogP contribution in [0.1, 0.15) is 6.92 Å². The third-order valence-electron chi connectivity index (χ3n) is 3.31. The maximum atomic E-state index is 11.0. The van der Waals surface area contributed by atoms with Crippen LogP contribution in [0.3, 0.4) is 0 Å². The van der Waals surface area contributed by atoms with E-state index >= 15 is 0 Å². The van der Waals surface area contributed by atoms with Gasteiger partial charge in [0.05, 0.1) is 11.0 Å². The first-order valence-corrected chi connectivity index (χ1v) is 6.46. The zero-order valence-corrected chi connectivity index (χ0v) is 11.0. The maximum absolute atomic E-state index is 11.0. The van der Waals surface area contributed by atoms with Crippen molar-refractivity contribution in [3.63, 3.8) is 0 Å². The number of anilines is 1. The molecule has 6 nitrogen and oxygen atoms in total. The lowest BCUT2D eigenvalue weighted by molar-refractivity contribution is -0.384. The molecule has 1 saturated heterocycles. The van der Waals surface area contributed by atoms with Crippen LogP contribution < -0.4 is 4.90 Å². The van der Waals surface area contributed by atoms with E-state index < -0.39 is 0 Å². The van der Waals surface area contributed by atoms with Crippen molar-refractivity contribution < 1.29 is 10.0 Å². The summed E-state index contributed by atoms with van der Waals surface area (Å²) < 4.78 is 0. The highest BCUT2D eigenvalue weighted by atomic mass is 16.6. The van der Waals surface area contributed by atoms with Crippen LogP contribution in [0.5, 0.6) is 0 Å². The van der Waals surface area contributed by atoms with Crippen molar-refractivity contribution in [1.29, 1.82) is 0 Å². The summed E-state index contributed by atoms with van der Waals surface area (Å²) in [4.78, 5) is 14.9. The normalized spacial score (nSPS) is 18.3. The van der Waals surface area contributed by atoms with E-state index in [4.69, 9.17) is 0 Å². The molecule has 0 bridgehead atoms. The number of hydrogen-bond donors (Lipinski definition) is 1. The Labute approximate surface area is 112 Å². The zero-order valence-electron chi connectivity index (χ0n) is 11.0. The predicted octanol–water partition coefficient (Wildman–Crippen LogP) is 1.10. The van der Waals surface area contributed by atoms with E-state index in [1.807, 2.05) is 11.0 Å². The van der Waals surface area contributed by atoms with Crippen molar-refractivity contribution in [2.45, 2.75) is 13.0 Å². The number of aliphatic hydroxyl groups is 1. The minimum absolute atomic E-state index is 0.159. The van der Waals surface area contributed by atoms with Gasteiger partial charge in [-0.15, -0.1) is 0 Å². The SMILES string of the molecule is C[C@@H](O)CN1CCN(c2ccccc2[N+](=O)[O-])CC1. The highest BCUT2D eigenvalue weighted by molar-refractivity contribution is 5.63. The quantitative estimate of drug-likeness (QED) is 0.652. The third kappa shape index (κ3) is 3.42. The van der Waals surface area contributed by atoms with Gasteiger partial charge in [-0.25, -0.2) is 0 Å². The number of aliphatic hydroxyl groups excluding tert-OH is 1. The molecule has 1 aliphatic heterocycles. The average molecular weight is 265 g/mol. The van der Waals surface area contributed by atoms with E-state index in [9.17, 15) is 15.2 Å². The molecule has 104 valence electrons. The van der Waals surface area contributed by atoms with E-state index in [1.165, 1.54) is 6.07 Å². The van der Waals surface area contributed by atoms with Crippen molar-refractivity contribution >= 4 is 11.4 Å². The molecule has 1 atom stereocenters. The van der Waals surface area contributed by atoms with Crippen LogP contribution >= 0.6 is 0 Å². The minimum atomic E-state index is -0.336. The first kappa shape index (κ1) is 13.8. The van der Waals surface area contributed by atoms with Crippen molar-refractivity contribution in [2.24, 2.45) is 0 Å². The number of nitro groups is 1. The van der Waals surface area contributed by atoms with Crippen LogP contribution in [0.15, 0.2) is 24.3 Å². The van der Waals surface area contributed by atoms with E-state index in [1.54, 1.807) is 19.1 Å². The molecule has 19 heavy (non-hydrogen) atoms. The fraction of sp³-hybridized carbons (Fsp3) is 0.538. The van der Waals surface area contributed by atoms with Gasteiger partial charge in [0, 0.05) is 38.8 Å². The summed E-state index contributed by atoms with van der Waals surface area (Å²) in [5.74, 6) is 0. The Morgan fingerprint density at radius 3 is 2.53 bits per heavy atom. The van der Waals surface area contributed by atoms with Gasteiger partial charge in [0.15, 0.2) is 0 Å². The standard InChI is InChI=1S/C13H19N3O3/c1-11(17)10-14-6-8-15(9-7-14)12-4-2-3-5-13(12)16(18)19/h2-5,11,17H,6-10H2,1H3/t11-/m1/s1. The molecular formula is C13H19N3O3. The number of benzene rings is 1. The van der Waals surface area contributed by atoms with Crippen molar-refractivity contribution in [1.82, 2.24) is 4.90 Å². The van der Waals surface area contributed by atoms with Gasteiger partial charge in [0.2, 0.25) is 0 Å². The molecule has 1 aliphatic rings. The van der Waals surface area contributed by atoms with Gasteiger partial charge in [-0.2, -0.15) is 0 Å². The second-order valence-electron chi connectivity index (χ2n) is 4.88. The number of para-hydroxylation sites is 2. The lowest BCUT2D eigenvalue weighted by atomic mass is 10.2. The van der Waals surface area contributed by atoms with E-state index in [-0.39, 0.29) is 16.7 Å². The number of nitrogens with zero attached hydrogens (tertiary/aromatic N) is 3. The van der Waals surface area contributed by atoms with E-state index in [2.05, 4.69) is 4.90 Å². The lowest BCUT2D eigenvalue weighted by Crippen LogP contribution is -2.48. The van der Waals surface area contributed by atoms with E-state index in [0.717, 1.165) is 26.2 Å². The first-order chi connectivity index (χ1) is 9.08. The molecule has 2 rings (SSSR count). The molecule has 1 heterocycles. The Kier molecular flexibility index (Phi) is 4.34. The number of nitro benzene ring substituents is 1. The number of piperazine rings is 1. The van der Waals surface area contributed by atoms with E-state index in [0.29, 0.717) is 12.2 Å². The summed E-state index contributed by atoms with van der Waals surface area (Å²) in [7, 11) is 0. The Balaban J connectivity index is 2.04. The number of β-amino-alcohol motifs (C(OH)–C–C–N with tert-alkyl or cyclic N) is 1. The second-order valence-corrected chi connectivity index (χ2v) is 4.88. The Morgan fingerprint density at radius 1 is 1.32 bits per heavy atom. The maximum Gasteiger partial charge on any atom is 0.292 e. The monoisotopic (exact) mass is 265 g/mol. The summed E-state index contributed by atoms with van der Waals surface area (Å²) >= 11 is 0. The molecule has 1 fully saturated rings. The molecule has 0 spiro atoms. The largest absolute Gasteiger partial charge is 0.392 e. The average Bonchev–Trinajstić information content (AvgIpc) is 2.39. The fourth-order valence-corrected chi connectivity index (χ4v) is 2.43. The van der Waals surface area contributed by atoms with Crippen LogP contribution in [0.4, 0.5) is 11.4 Å². The number of rotatable bonds is 4. The topological polar surface area (TPSA) is 69.8 Å². The van der Waals surface area contributed by atoms with Crippen molar-refractivity contribution in [3.05, 3.63) is 34.4 Å². The molecule has 0 unspecified atom stereocenters. The minimum Gasteiger partial charge on any atom is -0.392 e. The molecule has 1 N–H and O–H groups in total. The highest BCUT2D eigenvalue weighted by Gasteiger charge is 2.23. The fourth-order valence-electron chi connectivity index (χ4n) is 2.43. The molecule has 0 saturated carbocycles. The first-order valence-electron chi connectivity index (χ1n) is 6.46. The van der Waals surface area contributed by atoms with Gasteiger partial charge < -0.3 is 10.0 Å². The Hall–Kier alpha value is -1.66. The third-order valence-corrected chi connectivity index (χ3v) is 3.31. The van der Waals surface area contributed by atoms with Gasteiger partial charge in [-0.3, -0.25) is 15.0 Å². The van der Waals surface area contributed by atoms with Crippen LogP contribution in [0.2, 0.25) is 0 Å². The van der Waals surface area contributed by atoms with Gasteiger partial charge in [0.25, 0.3) is 5.69 Å². The Morgan fingerprint density at radius 2 is 1.95 bits per heavy atom. The summed E-state index contributed by atoms with van der Waals surface area (Å²) in [6.07, 6.45) is -0.336. The van der Waals surface area contributed by atoms with Crippen LogP contribution in [0.25, 0.3) is 0 Å². The van der Waals surface area contributed by atoms with Gasteiger partial charge in [-0.05, 0) is 13.0 Å². The summed E-state index contributed by atoms with van der Waals surface area (Å²) in [6.45, 7) is 5.56. The van der Waals surface area contributed by atoms with Crippen molar-refractivity contribution in [3.8, 4) is 0 Å². The molecule has 0 aromatic heterocycles. The molecule has 0 radical (unpaired) electrons. The zero-order chi connectivity index (χ0) is 13.8. The molecular weight excluding hydrogens is 246 g/mol. The van der Waals surface area contributed by atoms with Crippen LogP contribution in [-0.4, -0.2) is 53.8 Å². The molecule has 1 aromatic rings. The molecule has 0 amide bonds. The molecule has 0 aliphatic carbocycles. The summed E-state index contributed by atoms with van der Waals surface area (Å²) in [5, 5.41) is 20.4. The lowest BCUT2D eigenvalue weighted by Gasteiger charge is -2.36. The van der Waals surface area contributed by atoms with Crippen LogP contribution in [0, 0.1) is 10.1 Å². The smallest absolute Gasteiger partial charge is 0.292 e. The highest BCUT2D eigenvalue weighted by Crippen LogP contribution is 2.28. The predicted molar refractivity (Wildman–Crippen MR) is 73.4 cm³/mol. The number of hydrogen-bond acceptors (Lipinski definition) is 5. The van der Waals surface area contributed by atoms with Crippen molar-refractivity contribution in [2.75, 3.05) is 37.6 Å². The van der Waals surface area contributed by atoms with Crippen LogP contribution in [-0.2, 0) is 0 Å². The summed E-state index contributed by atoms with van der Waals surface area (Å²) in [6, 6.07) is 6.84. The molecule has 1 aromatic carbocycles.